The Balaban J connectivity index is 1.67. The number of anilines is 1. The molecule has 7 nitrogen and oxygen atoms in total. The molecular weight excluding hydrogens is 597 g/mol. The summed E-state index contributed by atoms with van der Waals surface area (Å²) in [6, 6.07) is 19.5. The molecule has 1 aliphatic rings. The van der Waals surface area contributed by atoms with E-state index in [1.165, 1.54) is 23.1 Å². The Bertz CT molecular complexity index is 1410. The molecule has 40 heavy (non-hydrogen) atoms. The van der Waals surface area contributed by atoms with Crippen LogP contribution in [0.1, 0.15) is 44.6 Å². The first kappa shape index (κ1) is 29.7. The number of nitrogens with zero attached hydrogens (tertiary/aromatic N) is 2. The highest BCUT2D eigenvalue weighted by atomic mass is 79.9. The van der Waals surface area contributed by atoms with E-state index < -0.39 is 34.3 Å². The minimum atomic E-state index is -4.15. The van der Waals surface area contributed by atoms with Crippen molar-refractivity contribution >= 4 is 43.5 Å². The van der Waals surface area contributed by atoms with Crippen molar-refractivity contribution in [2.75, 3.05) is 10.8 Å². The van der Waals surface area contributed by atoms with Crippen LogP contribution >= 0.6 is 15.9 Å². The van der Waals surface area contributed by atoms with E-state index in [-0.39, 0.29) is 34.6 Å². The molecule has 2 amide bonds. The third-order valence-corrected chi connectivity index (χ3v) is 9.46. The van der Waals surface area contributed by atoms with Gasteiger partial charge in [-0.1, -0.05) is 71.6 Å². The van der Waals surface area contributed by atoms with Crippen molar-refractivity contribution in [1.82, 2.24) is 10.2 Å². The molecular formula is C30H33BrFN3O4S. The second kappa shape index (κ2) is 13.4. The summed E-state index contributed by atoms with van der Waals surface area (Å²) in [6.07, 6.45) is 4.91. The second-order valence-electron chi connectivity index (χ2n) is 9.93. The van der Waals surface area contributed by atoms with Gasteiger partial charge < -0.3 is 10.2 Å². The summed E-state index contributed by atoms with van der Waals surface area (Å²) in [6.45, 7) is 0.825. The number of benzene rings is 3. The van der Waals surface area contributed by atoms with Crippen LogP contribution in [0, 0.1) is 5.82 Å². The largest absolute Gasteiger partial charge is 0.352 e. The van der Waals surface area contributed by atoms with Gasteiger partial charge in [-0.3, -0.25) is 13.9 Å². The van der Waals surface area contributed by atoms with E-state index in [2.05, 4.69) is 21.2 Å². The summed E-state index contributed by atoms with van der Waals surface area (Å²) in [5.74, 6) is -1.49. The molecule has 212 valence electrons. The number of hydrogen-bond acceptors (Lipinski definition) is 4. The lowest BCUT2D eigenvalue weighted by Crippen LogP contribution is -2.53. The summed E-state index contributed by atoms with van der Waals surface area (Å²) in [5.41, 5.74) is 0.514. The van der Waals surface area contributed by atoms with Crippen LogP contribution in [0.15, 0.2) is 88.2 Å². The Labute approximate surface area is 243 Å². The Morgan fingerprint density at radius 2 is 1.57 bits per heavy atom. The predicted molar refractivity (Wildman–Crippen MR) is 157 cm³/mol. The van der Waals surface area contributed by atoms with E-state index in [0.717, 1.165) is 40.9 Å². The molecule has 0 aromatic heterocycles. The van der Waals surface area contributed by atoms with Crippen LogP contribution in [0.4, 0.5) is 10.1 Å². The first-order chi connectivity index (χ1) is 19.2. The summed E-state index contributed by atoms with van der Waals surface area (Å²) in [5, 5.41) is 3.04. The molecule has 0 saturated heterocycles. The van der Waals surface area contributed by atoms with Gasteiger partial charge in [-0.25, -0.2) is 12.8 Å². The number of carbonyl (C=O) groups excluding carboxylic acids is 2. The highest BCUT2D eigenvalue weighted by Crippen LogP contribution is 2.26. The fraction of sp³-hybridized carbons (Fsp3) is 0.333. The molecule has 0 heterocycles. The van der Waals surface area contributed by atoms with Crippen molar-refractivity contribution in [3.05, 3.63) is 94.7 Å². The first-order valence-corrected chi connectivity index (χ1v) is 15.6. The number of sulfonamides is 1. The molecule has 1 N–H and O–H groups in total. The van der Waals surface area contributed by atoms with Crippen molar-refractivity contribution in [2.45, 2.75) is 62.6 Å². The van der Waals surface area contributed by atoms with E-state index >= 15 is 0 Å². The Hall–Kier alpha value is -3.24. The Kier molecular flexibility index (Phi) is 9.97. The number of amides is 2. The van der Waals surface area contributed by atoms with Gasteiger partial charge in [0.05, 0.1) is 10.6 Å². The number of halogens is 2. The maximum atomic E-state index is 14.7. The first-order valence-electron chi connectivity index (χ1n) is 13.3. The Morgan fingerprint density at radius 3 is 2.23 bits per heavy atom. The van der Waals surface area contributed by atoms with Gasteiger partial charge in [0.2, 0.25) is 11.8 Å². The van der Waals surface area contributed by atoms with Gasteiger partial charge in [-0.2, -0.15) is 0 Å². The van der Waals surface area contributed by atoms with E-state index in [4.69, 9.17) is 0 Å². The SMILES string of the molecule is C[C@@H](C(=O)NC1CCCCC1)N(Cc1ccccc1F)C(=O)CN(c1ccc(Br)cc1)S(=O)(=O)c1ccccc1. The molecule has 0 bridgehead atoms. The number of rotatable bonds is 10. The zero-order valence-corrected chi connectivity index (χ0v) is 24.7. The third-order valence-electron chi connectivity index (χ3n) is 7.14. The smallest absolute Gasteiger partial charge is 0.264 e. The molecule has 0 unspecified atom stereocenters. The summed E-state index contributed by atoms with van der Waals surface area (Å²) in [4.78, 5) is 28.5. The minimum absolute atomic E-state index is 0.0202. The van der Waals surface area contributed by atoms with Crippen LogP contribution in [0.2, 0.25) is 0 Å². The van der Waals surface area contributed by atoms with Crippen molar-refractivity contribution in [2.24, 2.45) is 0 Å². The molecule has 3 aromatic rings. The lowest BCUT2D eigenvalue weighted by atomic mass is 9.95. The van der Waals surface area contributed by atoms with Crippen LogP contribution in [-0.4, -0.2) is 43.8 Å². The van der Waals surface area contributed by atoms with Gasteiger partial charge in [0.15, 0.2) is 0 Å². The topological polar surface area (TPSA) is 86.8 Å². The molecule has 1 fully saturated rings. The molecule has 10 heteroatoms. The fourth-order valence-electron chi connectivity index (χ4n) is 4.82. The summed E-state index contributed by atoms with van der Waals surface area (Å²) >= 11 is 3.36. The highest BCUT2D eigenvalue weighted by molar-refractivity contribution is 9.10. The molecule has 0 spiro atoms. The number of carbonyl (C=O) groups is 2. The molecule has 3 aromatic carbocycles. The minimum Gasteiger partial charge on any atom is -0.352 e. The van der Waals surface area contributed by atoms with Gasteiger partial charge >= 0.3 is 0 Å². The van der Waals surface area contributed by atoms with Crippen molar-refractivity contribution < 1.29 is 22.4 Å². The van der Waals surface area contributed by atoms with Gasteiger partial charge in [0, 0.05) is 22.6 Å². The van der Waals surface area contributed by atoms with Crippen LogP contribution in [0.25, 0.3) is 0 Å². The monoisotopic (exact) mass is 629 g/mol. The zero-order valence-electron chi connectivity index (χ0n) is 22.3. The Morgan fingerprint density at radius 1 is 0.950 bits per heavy atom. The third kappa shape index (κ3) is 7.28. The lowest BCUT2D eigenvalue weighted by Gasteiger charge is -2.33. The van der Waals surface area contributed by atoms with Gasteiger partial charge in [0.25, 0.3) is 10.0 Å². The van der Waals surface area contributed by atoms with Crippen LogP contribution in [0.5, 0.6) is 0 Å². The quantitative estimate of drug-likeness (QED) is 0.314. The highest BCUT2D eigenvalue weighted by Gasteiger charge is 2.33. The van der Waals surface area contributed by atoms with Crippen LogP contribution in [-0.2, 0) is 26.2 Å². The van der Waals surface area contributed by atoms with E-state index in [1.54, 1.807) is 67.6 Å². The van der Waals surface area contributed by atoms with E-state index in [0.29, 0.717) is 0 Å². The zero-order chi connectivity index (χ0) is 28.7. The molecule has 1 saturated carbocycles. The summed E-state index contributed by atoms with van der Waals surface area (Å²) in [7, 11) is -4.15. The van der Waals surface area contributed by atoms with Crippen molar-refractivity contribution in [3.8, 4) is 0 Å². The summed E-state index contributed by atoms with van der Waals surface area (Å²) < 4.78 is 44.0. The second-order valence-corrected chi connectivity index (χ2v) is 12.7. The van der Waals surface area contributed by atoms with Gasteiger partial charge in [-0.05, 0) is 62.2 Å². The maximum Gasteiger partial charge on any atom is 0.264 e. The lowest BCUT2D eigenvalue weighted by molar-refractivity contribution is -0.139. The molecule has 1 atom stereocenters. The van der Waals surface area contributed by atoms with Gasteiger partial charge in [-0.15, -0.1) is 0 Å². The van der Waals surface area contributed by atoms with Crippen molar-refractivity contribution in [1.29, 1.82) is 0 Å². The van der Waals surface area contributed by atoms with E-state index in [1.807, 2.05) is 0 Å². The van der Waals surface area contributed by atoms with Crippen LogP contribution in [0.3, 0.4) is 0 Å². The average Bonchev–Trinajstić information content (AvgIpc) is 2.96. The number of hydrogen-bond donors (Lipinski definition) is 1. The predicted octanol–water partition coefficient (Wildman–Crippen LogP) is 5.65. The van der Waals surface area contributed by atoms with Crippen molar-refractivity contribution in [3.63, 3.8) is 0 Å². The number of nitrogens with one attached hydrogen (secondary N) is 1. The molecule has 0 radical (unpaired) electrons. The normalized spacial score (nSPS) is 14.8. The maximum absolute atomic E-state index is 14.7. The molecule has 0 aliphatic heterocycles. The standard InChI is InChI=1S/C30H33BrFN3O4S/c1-22(30(37)33-25-11-4-2-5-12-25)34(20-23-10-8-9-15-28(23)32)29(36)21-35(26-18-16-24(31)17-19-26)40(38,39)27-13-6-3-7-14-27/h3,6-10,13-19,22,25H,2,4-5,11-12,20-21H2,1H3,(H,33,37)/t22-/m0/s1. The van der Waals surface area contributed by atoms with E-state index in [9.17, 15) is 22.4 Å². The molecule has 1 aliphatic carbocycles. The van der Waals surface area contributed by atoms with Gasteiger partial charge in [0.1, 0.15) is 18.4 Å². The van der Waals surface area contributed by atoms with Crippen LogP contribution < -0.4 is 9.62 Å². The molecule has 4 rings (SSSR count). The fourth-order valence-corrected chi connectivity index (χ4v) is 6.52. The average molecular weight is 631 g/mol.